The molecule has 0 unspecified atom stereocenters. The first kappa shape index (κ1) is 9.85. The number of aromatic nitrogens is 4. The standard InChI is InChI=1S/C9H8N4OS/c1-13-6-11-12-9(13)15-8-7(5-14)3-2-4-10-8/h2-6H,1H3. The molecule has 0 aromatic carbocycles. The van der Waals surface area contributed by atoms with E-state index in [2.05, 4.69) is 15.2 Å². The van der Waals surface area contributed by atoms with Gasteiger partial charge in [-0.3, -0.25) is 4.79 Å². The number of nitrogens with zero attached hydrogens (tertiary/aromatic N) is 4. The normalized spacial score (nSPS) is 10.2. The van der Waals surface area contributed by atoms with Crippen LogP contribution in [0.4, 0.5) is 0 Å². The summed E-state index contributed by atoms with van der Waals surface area (Å²) >= 11 is 1.32. The molecule has 2 aromatic rings. The van der Waals surface area contributed by atoms with E-state index in [0.29, 0.717) is 15.7 Å². The Morgan fingerprint density at radius 1 is 1.53 bits per heavy atom. The Kier molecular flexibility index (Phi) is 2.77. The van der Waals surface area contributed by atoms with Crippen LogP contribution in [0, 0.1) is 0 Å². The van der Waals surface area contributed by atoms with E-state index < -0.39 is 0 Å². The average molecular weight is 220 g/mol. The third kappa shape index (κ3) is 2.04. The molecule has 5 nitrogen and oxygen atoms in total. The van der Waals surface area contributed by atoms with Gasteiger partial charge in [0.25, 0.3) is 0 Å². The number of aryl methyl sites for hydroxylation is 1. The Balaban J connectivity index is 2.32. The van der Waals surface area contributed by atoms with Crippen LogP contribution in [-0.4, -0.2) is 26.0 Å². The Bertz CT molecular complexity index is 482. The lowest BCUT2D eigenvalue weighted by Gasteiger charge is -2.01. The molecule has 0 aliphatic carbocycles. The van der Waals surface area contributed by atoms with E-state index in [-0.39, 0.29) is 0 Å². The molecule has 0 radical (unpaired) electrons. The highest BCUT2D eigenvalue weighted by Crippen LogP contribution is 2.25. The molecule has 0 aliphatic heterocycles. The maximum Gasteiger partial charge on any atom is 0.197 e. The molecule has 0 amide bonds. The second-order valence-corrected chi connectivity index (χ2v) is 3.80. The molecule has 0 N–H and O–H groups in total. The largest absolute Gasteiger partial charge is 0.311 e. The molecule has 2 heterocycles. The van der Waals surface area contributed by atoms with Crippen molar-refractivity contribution >= 4 is 18.0 Å². The van der Waals surface area contributed by atoms with Crippen molar-refractivity contribution in [3.05, 3.63) is 30.2 Å². The molecule has 0 saturated heterocycles. The van der Waals surface area contributed by atoms with Gasteiger partial charge in [0.1, 0.15) is 11.4 Å². The van der Waals surface area contributed by atoms with Gasteiger partial charge in [0.05, 0.1) is 0 Å². The van der Waals surface area contributed by atoms with Crippen LogP contribution in [0.2, 0.25) is 0 Å². The van der Waals surface area contributed by atoms with Gasteiger partial charge in [-0.2, -0.15) is 0 Å². The molecule has 2 rings (SSSR count). The molecule has 0 saturated carbocycles. The summed E-state index contributed by atoms with van der Waals surface area (Å²) in [5, 5.41) is 9.00. The van der Waals surface area contributed by atoms with Crippen molar-refractivity contribution in [2.45, 2.75) is 10.2 Å². The van der Waals surface area contributed by atoms with Crippen LogP contribution in [-0.2, 0) is 7.05 Å². The van der Waals surface area contributed by atoms with Gasteiger partial charge in [-0.25, -0.2) is 4.98 Å². The minimum Gasteiger partial charge on any atom is -0.311 e. The van der Waals surface area contributed by atoms with Crippen molar-refractivity contribution in [1.82, 2.24) is 19.7 Å². The van der Waals surface area contributed by atoms with Gasteiger partial charge in [0, 0.05) is 18.8 Å². The molecule has 0 spiro atoms. The summed E-state index contributed by atoms with van der Waals surface area (Å²) in [6, 6.07) is 3.45. The monoisotopic (exact) mass is 220 g/mol. The van der Waals surface area contributed by atoms with Crippen LogP contribution in [0.1, 0.15) is 10.4 Å². The lowest BCUT2D eigenvalue weighted by Crippen LogP contribution is -1.92. The summed E-state index contributed by atoms with van der Waals surface area (Å²) in [5.41, 5.74) is 0.561. The van der Waals surface area contributed by atoms with Crippen LogP contribution in [0.5, 0.6) is 0 Å². The zero-order valence-electron chi connectivity index (χ0n) is 7.99. The van der Waals surface area contributed by atoms with Gasteiger partial charge in [0.15, 0.2) is 11.4 Å². The van der Waals surface area contributed by atoms with Gasteiger partial charge < -0.3 is 4.57 Å². The quantitative estimate of drug-likeness (QED) is 0.727. The van der Waals surface area contributed by atoms with Gasteiger partial charge in [0.2, 0.25) is 0 Å². The topological polar surface area (TPSA) is 60.7 Å². The fourth-order valence-corrected chi connectivity index (χ4v) is 1.83. The van der Waals surface area contributed by atoms with E-state index in [1.807, 2.05) is 7.05 Å². The summed E-state index contributed by atoms with van der Waals surface area (Å²) in [7, 11) is 1.84. The summed E-state index contributed by atoms with van der Waals surface area (Å²) in [6.07, 6.45) is 4.03. The van der Waals surface area contributed by atoms with Crippen molar-refractivity contribution in [1.29, 1.82) is 0 Å². The van der Waals surface area contributed by atoms with Gasteiger partial charge in [-0.15, -0.1) is 10.2 Å². The number of pyridine rings is 1. The zero-order chi connectivity index (χ0) is 10.7. The zero-order valence-corrected chi connectivity index (χ0v) is 8.81. The van der Waals surface area contributed by atoms with Crippen LogP contribution in [0.25, 0.3) is 0 Å². The van der Waals surface area contributed by atoms with Crippen LogP contribution in [0.3, 0.4) is 0 Å². The molecule has 6 heteroatoms. The van der Waals surface area contributed by atoms with Gasteiger partial charge >= 0.3 is 0 Å². The molecule has 0 bridgehead atoms. The maximum atomic E-state index is 10.7. The summed E-state index contributed by atoms with van der Waals surface area (Å²) < 4.78 is 1.77. The molecule has 0 atom stereocenters. The van der Waals surface area contributed by atoms with Gasteiger partial charge in [-0.05, 0) is 23.9 Å². The first-order valence-corrected chi connectivity index (χ1v) is 5.05. The number of aldehydes is 1. The number of rotatable bonds is 3. The second-order valence-electron chi connectivity index (χ2n) is 2.84. The predicted octanol–water partition coefficient (Wildman–Crippen LogP) is 1.17. The molecule has 0 aliphatic rings. The van der Waals surface area contributed by atoms with Crippen LogP contribution >= 0.6 is 11.8 Å². The third-order valence-electron chi connectivity index (χ3n) is 1.79. The van der Waals surface area contributed by atoms with E-state index in [4.69, 9.17) is 0 Å². The summed E-state index contributed by atoms with van der Waals surface area (Å²) in [6.45, 7) is 0. The molecule has 0 fully saturated rings. The SMILES string of the molecule is Cn1cnnc1Sc1ncccc1C=O. The number of hydrogen-bond acceptors (Lipinski definition) is 5. The molecular formula is C9H8N4OS. The Morgan fingerprint density at radius 3 is 3.07 bits per heavy atom. The van der Waals surface area contributed by atoms with E-state index in [0.717, 1.165) is 6.29 Å². The lowest BCUT2D eigenvalue weighted by molar-refractivity contribution is 0.112. The summed E-state index contributed by atoms with van der Waals surface area (Å²) in [5.74, 6) is 0. The highest BCUT2D eigenvalue weighted by Gasteiger charge is 2.08. The Labute approximate surface area is 90.5 Å². The fourth-order valence-electron chi connectivity index (χ4n) is 1.03. The Morgan fingerprint density at radius 2 is 2.40 bits per heavy atom. The van der Waals surface area contributed by atoms with Crippen LogP contribution in [0.15, 0.2) is 34.8 Å². The van der Waals surface area contributed by atoms with Gasteiger partial charge in [-0.1, -0.05) is 0 Å². The maximum absolute atomic E-state index is 10.7. The van der Waals surface area contributed by atoms with E-state index in [1.54, 1.807) is 29.2 Å². The predicted molar refractivity (Wildman–Crippen MR) is 54.8 cm³/mol. The van der Waals surface area contributed by atoms with E-state index in [1.165, 1.54) is 11.8 Å². The molecular weight excluding hydrogens is 212 g/mol. The molecule has 76 valence electrons. The Hall–Kier alpha value is -1.69. The van der Waals surface area contributed by atoms with Crippen molar-refractivity contribution < 1.29 is 4.79 Å². The van der Waals surface area contributed by atoms with Crippen molar-refractivity contribution in [2.75, 3.05) is 0 Å². The lowest BCUT2D eigenvalue weighted by atomic mass is 10.3. The summed E-state index contributed by atoms with van der Waals surface area (Å²) in [4.78, 5) is 14.9. The van der Waals surface area contributed by atoms with Crippen molar-refractivity contribution in [2.24, 2.45) is 7.05 Å². The third-order valence-corrected chi connectivity index (χ3v) is 2.87. The first-order chi connectivity index (χ1) is 7.31. The highest BCUT2D eigenvalue weighted by molar-refractivity contribution is 7.99. The fraction of sp³-hybridized carbons (Fsp3) is 0.111. The second kappa shape index (κ2) is 4.22. The van der Waals surface area contributed by atoms with E-state index in [9.17, 15) is 4.79 Å². The number of carbonyl (C=O) groups is 1. The molecule has 2 aromatic heterocycles. The van der Waals surface area contributed by atoms with Crippen molar-refractivity contribution in [3.8, 4) is 0 Å². The average Bonchev–Trinajstić information content (AvgIpc) is 2.65. The minimum absolute atomic E-state index is 0.561. The van der Waals surface area contributed by atoms with E-state index >= 15 is 0 Å². The van der Waals surface area contributed by atoms with Crippen LogP contribution < -0.4 is 0 Å². The molecule has 15 heavy (non-hydrogen) atoms. The number of carbonyl (C=O) groups excluding carboxylic acids is 1. The smallest absolute Gasteiger partial charge is 0.197 e. The highest BCUT2D eigenvalue weighted by atomic mass is 32.2. The first-order valence-electron chi connectivity index (χ1n) is 4.23. The van der Waals surface area contributed by atoms with Crippen molar-refractivity contribution in [3.63, 3.8) is 0 Å². The number of hydrogen-bond donors (Lipinski definition) is 0. The minimum atomic E-state index is 0.561.